The lowest BCUT2D eigenvalue weighted by atomic mass is 10.1. The van der Waals surface area contributed by atoms with Crippen molar-refractivity contribution < 1.29 is 22.3 Å². The molecule has 0 amide bonds. The van der Waals surface area contributed by atoms with Crippen LogP contribution in [0.25, 0.3) is 11.3 Å². The highest BCUT2D eigenvalue weighted by Crippen LogP contribution is 2.31. The Labute approximate surface area is 149 Å². The molecule has 8 heteroatoms. The van der Waals surface area contributed by atoms with Crippen LogP contribution in [-0.4, -0.2) is 30.0 Å². The van der Waals surface area contributed by atoms with E-state index in [4.69, 9.17) is 4.74 Å². The van der Waals surface area contributed by atoms with Crippen LogP contribution in [0.1, 0.15) is 17.3 Å². The molecule has 6 nitrogen and oxygen atoms in total. The van der Waals surface area contributed by atoms with E-state index in [1.807, 2.05) is 0 Å². The summed E-state index contributed by atoms with van der Waals surface area (Å²) in [5, 5.41) is 0. The fraction of sp³-hybridized carbons (Fsp3) is 0.111. The molecule has 26 heavy (non-hydrogen) atoms. The number of halogens is 1. The Morgan fingerprint density at radius 2 is 1.96 bits per heavy atom. The van der Waals surface area contributed by atoms with Crippen LogP contribution < -0.4 is 0 Å². The van der Waals surface area contributed by atoms with Crippen molar-refractivity contribution in [2.75, 3.05) is 6.61 Å². The molecule has 0 radical (unpaired) electrons. The second-order valence-corrected chi connectivity index (χ2v) is 7.08. The third-order valence-corrected chi connectivity index (χ3v) is 5.33. The summed E-state index contributed by atoms with van der Waals surface area (Å²) in [5.41, 5.74) is -0.150. The van der Waals surface area contributed by atoms with Gasteiger partial charge in [-0.15, -0.1) is 0 Å². The molecule has 3 aromatic rings. The molecule has 0 fully saturated rings. The Morgan fingerprint density at radius 3 is 2.62 bits per heavy atom. The standard InChI is InChI=1S/C18H15FN2O4S/c1-2-25-18(22)15-9-11-21(17(15)14-7-3-4-8-16(14)19)26(23,24)13-6-5-10-20-12-13/h3-12H,2H2,1H3. The largest absolute Gasteiger partial charge is 0.462 e. The van der Waals surface area contributed by atoms with E-state index in [1.165, 1.54) is 55.0 Å². The molecule has 0 aliphatic heterocycles. The first-order valence-corrected chi connectivity index (χ1v) is 9.19. The molecule has 0 unspecified atom stereocenters. The van der Waals surface area contributed by atoms with Gasteiger partial charge < -0.3 is 4.74 Å². The number of nitrogens with zero attached hydrogens (tertiary/aromatic N) is 2. The van der Waals surface area contributed by atoms with E-state index in [0.29, 0.717) is 0 Å². The minimum absolute atomic E-state index is 0.0204. The van der Waals surface area contributed by atoms with E-state index in [1.54, 1.807) is 13.0 Å². The number of pyridine rings is 1. The first-order valence-electron chi connectivity index (χ1n) is 7.75. The summed E-state index contributed by atoms with van der Waals surface area (Å²) in [6, 6.07) is 9.78. The van der Waals surface area contributed by atoms with Crippen molar-refractivity contribution in [3.05, 3.63) is 72.4 Å². The summed E-state index contributed by atoms with van der Waals surface area (Å²) in [7, 11) is -4.08. The van der Waals surface area contributed by atoms with Gasteiger partial charge in [0, 0.05) is 24.2 Å². The van der Waals surface area contributed by atoms with Crippen molar-refractivity contribution in [2.24, 2.45) is 0 Å². The van der Waals surface area contributed by atoms with Crippen molar-refractivity contribution in [3.8, 4) is 11.3 Å². The van der Waals surface area contributed by atoms with Gasteiger partial charge in [-0.05, 0) is 37.3 Å². The number of carbonyl (C=O) groups is 1. The lowest BCUT2D eigenvalue weighted by Gasteiger charge is -2.13. The minimum Gasteiger partial charge on any atom is -0.462 e. The molecule has 0 bridgehead atoms. The van der Waals surface area contributed by atoms with Gasteiger partial charge in [0.1, 0.15) is 10.7 Å². The molecule has 0 saturated carbocycles. The van der Waals surface area contributed by atoms with Crippen LogP contribution in [0.15, 0.2) is 66.0 Å². The molecule has 0 N–H and O–H groups in total. The molecule has 0 aliphatic rings. The van der Waals surface area contributed by atoms with Crippen LogP contribution in [0.2, 0.25) is 0 Å². The smallest absolute Gasteiger partial charge is 0.340 e. The summed E-state index contributed by atoms with van der Waals surface area (Å²) in [5.74, 6) is -1.38. The van der Waals surface area contributed by atoms with E-state index in [9.17, 15) is 17.6 Å². The molecule has 2 heterocycles. The highest BCUT2D eigenvalue weighted by atomic mass is 32.2. The van der Waals surface area contributed by atoms with Gasteiger partial charge in [0.25, 0.3) is 10.0 Å². The SMILES string of the molecule is CCOC(=O)c1ccn(S(=O)(=O)c2cccnc2)c1-c1ccccc1F. The van der Waals surface area contributed by atoms with E-state index in [2.05, 4.69) is 4.98 Å². The second kappa shape index (κ2) is 7.09. The fourth-order valence-corrected chi connectivity index (χ4v) is 3.85. The van der Waals surface area contributed by atoms with E-state index in [-0.39, 0.29) is 28.3 Å². The van der Waals surface area contributed by atoms with E-state index in [0.717, 1.165) is 3.97 Å². The zero-order valence-corrected chi connectivity index (χ0v) is 14.6. The number of ether oxygens (including phenoxy) is 1. The van der Waals surface area contributed by atoms with Crippen LogP contribution in [-0.2, 0) is 14.8 Å². The van der Waals surface area contributed by atoms with Gasteiger partial charge in [0.05, 0.1) is 17.9 Å². The van der Waals surface area contributed by atoms with Gasteiger partial charge in [-0.2, -0.15) is 0 Å². The number of benzene rings is 1. The van der Waals surface area contributed by atoms with Crippen molar-refractivity contribution >= 4 is 16.0 Å². The minimum atomic E-state index is -4.08. The van der Waals surface area contributed by atoms with Gasteiger partial charge in [0.2, 0.25) is 0 Å². The summed E-state index contributed by atoms with van der Waals surface area (Å²) < 4.78 is 46.2. The predicted molar refractivity (Wildman–Crippen MR) is 92.6 cm³/mol. The first-order chi connectivity index (χ1) is 12.5. The van der Waals surface area contributed by atoms with Crippen molar-refractivity contribution in [2.45, 2.75) is 11.8 Å². The van der Waals surface area contributed by atoms with Gasteiger partial charge >= 0.3 is 5.97 Å². The lowest BCUT2D eigenvalue weighted by Crippen LogP contribution is -2.15. The number of hydrogen-bond donors (Lipinski definition) is 0. The van der Waals surface area contributed by atoms with Crippen molar-refractivity contribution in [1.29, 1.82) is 0 Å². The Bertz CT molecular complexity index is 1050. The molecular weight excluding hydrogens is 359 g/mol. The summed E-state index contributed by atoms with van der Waals surface area (Å²) in [6.07, 6.45) is 3.83. The molecule has 0 spiro atoms. The number of esters is 1. The monoisotopic (exact) mass is 374 g/mol. The van der Waals surface area contributed by atoms with Gasteiger partial charge in [-0.25, -0.2) is 21.6 Å². The van der Waals surface area contributed by atoms with Crippen LogP contribution in [0.4, 0.5) is 4.39 Å². The first kappa shape index (κ1) is 17.8. The average Bonchev–Trinajstić information content (AvgIpc) is 3.09. The van der Waals surface area contributed by atoms with Gasteiger partial charge in [-0.3, -0.25) is 4.98 Å². The van der Waals surface area contributed by atoms with Crippen LogP contribution in [0, 0.1) is 5.82 Å². The van der Waals surface area contributed by atoms with Crippen molar-refractivity contribution in [3.63, 3.8) is 0 Å². The number of carbonyl (C=O) groups excluding carboxylic acids is 1. The predicted octanol–water partition coefficient (Wildman–Crippen LogP) is 3.10. The lowest BCUT2D eigenvalue weighted by molar-refractivity contribution is 0.0527. The zero-order valence-electron chi connectivity index (χ0n) is 13.8. The van der Waals surface area contributed by atoms with Gasteiger partial charge in [0.15, 0.2) is 0 Å². The van der Waals surface area contributed by atoms with Crippen LogP contribution in [0.3, 0.4) is 0 Å². The molecule has 1 aromatic carbocycles. The second-order valence-electron chi connectivity index (χ2n) is 5.27. The van der Waals surface area contributed by atoms with Crippen LogP contribution in [0.5, 0.6) is 0 Å². The Morgan fingerprint density at radius 1 is 1.19 bits per heavy atom. The Balaban J connectivity index is 2.28. The topological polar surface area (TPSA) is 78.3 Å². The molecule has 0 atom stereocenters. The maximum Gasteiger partial charge on any atom is 0.340 e. The Hall–Kier alpha value is -3.00. The number of aromatic nitrogens is 2. The molecule has 3 rings (SSSR count). The quantitative estimate of drug-likeness (QED) is 0.641. The zero-order chi connectivity index (χ0) is 18.7. The fourth-order valence-electron chi connectivity index (χ4n) is 2.52. The maximum atomic E-state index is 14.4. The molecule has 134 valence electrons. The number of rotatable bonds is 5. The molecule has 2 aromatic heterocycles. The highest BCUT2D eigenvalue weighted by Gasteiger charge is 2.27. The summed E-state index contributed by atoms with van der Waals surface area (Å²) in [6.45, 7) is 1.74. The summed E-state index contributed by atoms with van der Waals surface area (Å²) >= 11 is 0. The maximum absolute atomic E-state index is 14.4. The Kier molecular flexibility index (Phi) is 4.85. The molecule has 0 saturated heterocycles. The van der Waals surface area contributed by atoms with Crippen molar-refractivity contribution in [1.82, 2.24) is 8.96 Å². The molecular formula is C18H15FN2O4S. The third kappa shape index (κ3) is 3.11. The number of hydrogen-bond acceptors (Lipinski definition) is 5. The normalized spacial score (nSPS) is 11.3. The third-order valence-electron chi connectivity index (χ3n) is 3.67. The van der Waals surface area contributed by atoms with Crippen LogP contribution >= 0.6 is 0 Å². The van der Waals surface area contributed by atoms with Gasteiger partial charge in [-0.1, -0.05) is 12.1 Å². The molecule has 0 aliphatic carbocycles. The summed E-state index contributed by atoms with van der Waals surface area (Å²) in [4.78, 5) is 16.0. The average molecular weight is 374 g/mol. The van der Waals surface area contributed by atoms with E-state index < -0.39 is 21.8 Å². The highest BCUT2D eigenvalue weighted by molar-refractivity contribution is 7.90. The van der Waals surface area contributed by atoms with E-state index >= 15 is 0 Å².